The van der Waals surface area contributed by atoms with E-state index in [1.54, 1.807) is 6.33 Å². The van der Waals surface area contributed by atoms with E-state index in [1.165, 1.54) is 12.8 Å². The SMILES string of the molecule is CCNc1ncnc(-c2ccc(OC3CC3)cc2)c1CC. The maximum atomic E-state index is 5.79. The highest BCUT2D eigenvalue weighted by Gasteiger charge is 2.23. The molecule has 4 nitrogen and oxygen atoms in total. The molecule has 1 fully saturated rings. The van der Waals surface area contributed by atoms with Crippen LogP contribution < -0.4 is 10.1 Å². The molecular weight excluding hydrogens is 262 g/mol. The Morgan fingerprint density at radius 2 is 1.90 bits per heavy atom. The zero-order chi connectivity index (χ0) is 14.7. The molecule has 1 aliphatic rings. The van der Waals surface area contributed by atoms with Crippen LogP contribution in [0.1, 0.15) is 32.3 Å². The summed E-state index contributed by atoms with van der Waals surface area (Å²) in [6, 6.07) is 8.22. The van der Waals surface area contributed by atoms with Crippen molar-refractivity contribution < 1.29 is 4.74 Å². The molecule has 1 aromatic carbocycles. The van der Waals surface area contributed by atoms with Crippen molar-refractivity contribution in [3.63, 3.8) is 0 Å². The zero-order valence-electron chi connectivity index (χ0n) is 12.6. The molecule has 21 heavy (non-hydrogen) atoms. The third-order valence-corrected chi connectivity index (χ3v) is 3.60. The van der Waals surface area contributed by atoms with Crippen molar-refractivity contribution in [2.75, 3.05) is 11.9 Å². The highest BCUT2D eigenvalue weighted by molar-refractivity contribution is 5.68. The van der Waals surface area contributed by atoms with Crippen LogP contribution in [-0.2, 0) is 6.42 Å². The Morgan fingerprint density at radius 3 is 2.52 bits per heavy atom. The number of benzene rings is 1. The Bertz CT molecular complexity index is 606. The number of nitrogens with zero attached hydrogens (tertiary/aromatic N) is 2. The van der Waals surface area contributed by atoms with Crippen LogP contribution >= 0.6 is 0 Å². The van der Waals surface area contributed by atoms with Gasteiger partial charge in [-0.15, -0.1) is 0 Å². The van der Waals surface area contributed by atoms with E-state index >= 15 is 0 Å². The van der Waals surface area contributed by atoms with Crippen molar-refractivity contribution >= 4 is 5.82 Å². The van der Waals surface area contributed by atoms with Gasteiger partial charge >= 0.3 is 0 Å². The fourth-order valence-corrected chi connectivity index (χ4v) is 2.39. The van der Waals surface area contributed by atoms with E-state index in [2.05, 4.69) is 41.3 Å². The zero-order valence-corrected chi connectivity index (χ0v) is 12.6. The lowest BCUT2D eigenvalue weighted by Gasteiger charge is -2.13. The first-order valence-corrected chi connectivity index (χ1v) is 7.66. The molecule has 0 aliphatic heterocycles. The van der Waals surface area contributed by atoms with Crippen LogP contribution in [0.2, 0.25) is 0 Å². The van der Waals surface area contributed by atoms with Crippen molar-refractivity contribution in [2.24, 2.45) is 0 Å². The summed E-state index contributed by atoms with van der Waals surface area (Å²) in [5.41, 5.74) is 3.27. The van der Waals surface area contributed by atoms with E-state index in [1.807, 2.05) is 12.1 Å². The average Bonchev–Trinajstić information content (AvgIpc) is 3.32. The molecule has 0 spiro atoms. The topological polar surface area (TPSA) is 47.0 Å². The molecule has 1 N–H and O–H groups in total. The molecule has 0 saturated heterocycles. The molecule has 1 aliphatic carbocycles. The number of hydrogen-bond donors (Lipinski definition) is 1. The molecule has 0 unspecified atom stereocenters. The second kappa shape index (κ2) is 6.12. The number of anilines is 1. The highest BCUT2D eigenvalue weighted by Crippen LogP contribution is 2.30. The lowest BCUT2D eigenvalue weighted by Crippen LogP contribution is -2.05. The smallest absolute Gasteiger partial charge is 0.133 e. The van der Waals surface area contributed by atoms with Crippen LogP contribution in [0.5, 0.6) is 5.75 Å². The second-order valence-corrected chi connectivity index (χ2v) is 5.27. The minimum Gasteiger partial charge on any atom is -0.490 e. The fraction of sp³-hybridized carbons (Fsp3) is 0.412. The Hall–Kier alpha value is -2.10. The van der Waals surface area contributed by atoms with E-state index in [0.717, 1.165) is 41.4 Å². The summed E-state index contributed by atoms with van der Waals surface area (Å²) in [5, 5.41) is 3.31. The average molecular weight is 283 g/mol. The molecule has 1 aromatic heterocycles. The third-order valence-electron chi connectivity index (χ3n) is 3.60. The van der Waals surface area contributed by atoms with Gasteiger partial charge < -0.3 is 10.1 Å². The number of aromatic nitrogens is 2. The van der Waals surface area contributed by atoms with Gasteiger partial charge in [0.15, 0.2) is 0 Å². The van der Waals surface area contributed by atoms with Gasteiger partial charge in [-0.3, -0.25) is 0 Å². The predicted molar refractivity (Wildman–Crippen MR) is 84.7 cm³/mol. The normalized spacial score (nSPS) is 14.0. The molecule has 0 amide bonds. The van der Waals surface area contributed by atoms with Crippen LogP contribution in [0.25, 0.3) is 11.3 Å². The summed E-state index contributed by atoms with van der Waals surface area (Å²) in [7, 11) is 0. The quantitative estimate of drug-likeness (QED) is 0.878. The van der Waals surface area contributed by atoms with Gasteiger partial charge in [0, 0.05) is 17.7 Å². The summed E-state index contributed by atoms with van der Waals surface area (Å²) >= 11 is 0. The molecule has 4 heteroatoms. The molecule has 0 atom stereocenters. The van der Waals surface area contributed by atoms with Crippen molar-refractivity contribution in [1.82, 2.24) is 9.97 Å². The van der Waals surface area contributed by atoms with Gasteiger partial charge in [0.05, 0.1) is 11.8 Å². The summed E-state index contributed by atoms with van der Waals surface area (Å²) in [6.07, 6.45) is 5.32. The van der Waals surface area contributed by atoms with E-state index in [0.29, 0.717) is 6.10 Å². The largest absolute Gasteiger partial charge is 0.490 e. The van der Waals surface area contributed by atoms with E-state index in [-0.39, 0.29) is 0 Å². The molecule has 2 aromatic rings. The summed E-state index contributed by atoms with van der Waals surface area (Å²) in [5.74, 6) is 1.88. The van der Waals surface area contributed by atoms with E-state index in [9.17, 15) is 0 Å². The molecule has 1 heterocycles. The third kappa shape index (κ3) is 3.15. The lowest BCUT2D eigenvalue weighted by molar-refractivity contribution is 0.303. The Kier molecular flexibility index (Phi) is 4.04. The maximum absolute atomic E-state index is 5.79. The first-order valence-electron chi connectivity index (χ1n) is 7.66. The van der Waals surface area contributed by atoms with Crippen molar-refractivity contribution in [1.29, 1.82) is 0 Å². The van der Waals surface area contributed by atoms with Crippen LogP contribution in [0.3, 0.4) is 0 Å². The minimum atomic E-state index is 0.432. The molecule has 0 radical (unpaired) electrons. The summed E-state index contributed by atoms with van der Waals surface area (Å²) in [6.45, 7) is 5.07. The Balaban J connectivity index is 1.89. The maximum Gasteiger partial charge on any atom is 0.133 e. The Labute approximate surface area is 125 Å². The minimum absolute atomic E-state index is 0.432. The standard InChI is InChI=1S/C17H21N3O/c1-3-15-16(19-11-20-17(15)18-4-2)12-5-7-13(8-6-12)21-14-9-10-14/h5-8,11,14H,3-4,9-10H2,1-2H3,(H,18,19,20). The second-order valence-electron chi connectivity index (χ2n) is 5.27. The van der Waals surface area contributed by atoms with Crippen molar-refractivity contribution in [3.8, 4) is 17.0 Å². The monoisotopic (exact) mass is 283 g/mol. The number of hydrogen-bond acceptors (Lipinski definition) is 4. The number of nitrogens with one attached hydrogen (secondary N) is 1. The van der Waals surface area contributed by atoms with Crippen molar-refractivity contribution in [2.45, 2.75) is 39.2 Å². The van der Waals surface area contributed by atoms with Gasteiger partial charge in [0.1, 0.15) is 17.9 Å². The lowest BCUT2D eigenvalue weighted by atomic mass is 10.0. The number of rotatable bonds is 6. The van der Waals surface area contributed by atoms with Gasteiger partial charge in [0.2, 0.25) is 0 Å². The first kappa shape index (κ1) is 13.9. The molecule has 0 bridgehead atoms. The Morgan fingerprint density at radius 1 is 1.14 bits per heavy atom. The summed E-state index contributed by atoms with van der Waals surface area (Å²) in [4.78, 5) is 8.82. The van der Waals surface area contributed by atoms with E-state index in [4.69, 9.17) is 4.74 Å². The summed E-state index contributed by atoms with van der Waals surface area (Å²) < 4.78 is 5.79. The predicted octanol–water partition coefficient (Wildman–Crippen LogP) is 3.68. The highest BCUT2D eigenvalue weighted by atomic mass is 16.5. The van der Waals surface area contributed by atoms with Gasteiger partial charge in [-0.05, 0) is 50.5 Å². The van der Waals surface area contributed by atoms with Crippen LogP contribution in [0.15, 0.2) is 30.6 Å². The first-order chi connectivity index (χ1) is 10.3. The van der Waals surface area contributed by atoms with Gasteiger partial charge in [0.25, 0.3) is 0 Å². The van der Waals surface area contributed by atoms with Gasteiger partial charge in [-0.2, -0.15) is 0 Å². The van der Waals surface area contributed by atoms with E-state index < -0.39 is 0 Å². The van der Waals surface area contributed by atoms with Crippen LogP contribution in [0, 0.1) is 0 Å². The van der Waals surface area contributed by atoms with Crippen LogP contribution in [-0.4, -0.2) is 22.6 Å². The molecule has 1 saturated carbocycles. The van der Waals surface area contributed by atoms with Crippen LogP contribution in [0.4, 0.5) is 5.82 Å². The van der Waals surface area contributed by atoms with Gasteiger partial charge in [-0.25, -0.2) is 9.97 Å². The number of ether oxygens (including phenoxy) is 1. The molecule has 110 valence electrons. The molecule has 3 rings (SSSR count). The molecular formula is C17H21N3O. The van der Waals surface area contributed by atoms with Gasteiger partial charge in [-0.1, -0.05) is 6.92 Å². The van der Waals surface area contributed by atoms with Crippen molar-refractivity contribution in [3.05, 3.63) is 36.2 Å². The fourth-order valence-electron chi connectivity index (χ4n) is 2.39.